The van der Waals surface area contributed by atoms with E-state index in [1.165, 1.54) is 10.9 Å². The summed E-state index contributed by atoms with van der Waals surface area (Å²) in [4.78, 5) is 12.3. The van der Waals surface area contributed by atoms with Gasteiger partial charge in [0.2, 0.25) is 5.95 Å². The Morgan fingerprint density at radius 1 is 1.00 bits per heavy atom. The molecule has 2 aromatic carbocycles. The number of ether oxygens (including phenoxy) is 2. The highest BCUT2D eigenvalue weighted by atomic mass is 16.6. The van der Waals surface area contributed by atoms with E-state index < -0.39 is 30.1 Å². The number of fused-ring (bicyclic) bond motifs is 1. The van der Waals surface area contributed by atoms with Crippen molar-refractivity contribution >= 4 is 22.9 Å². The number of rotatable bonds is 7. The van der Waals surface area contributed by atoms with Crippen LogP contribution in [-0.2, 0) is 15.1 Å². The van der Waals surface area contributed by atoms with Crippen molar-refractivity contribution in [1.82, 2.24) is 19.5 Å². The van der Waals surface area contributed by atoms with Gasteiger partial charge in [0.05, 0.1) is 12.9 Å². The number of anilines is 2. The second kappa shape index (κ2) is 9.08. The highest BCUT2D eigenvalue weighted by Crippen LogP contribution is 2.38. The Labute approximate surface area is 201 Å². The first-order chi connectivity index (χ1) is 16.9. The second-order valence-electron chi connectivity index (χ2n) is 8.32. The molecule has 0 radical (unpaired) electrons. The molecule has 0 amide bonds. The van der Waals surface area contributed by atoms with Crippen LogP contribution in [0.25, 0.3) is 11.2 Å². The van der Waals surface area contributed by atoms with Crippen molar-refractivity contribution in [3.05, 3.63) is 90.8 Å². The zero-order valence-corrected chi connectivity index (χ0v) is 18.8. The molecule has 0 bridgehead atoms. The van der Waals surface area contributed by atoms with Crippen LogP contribution < -0.4 is 11.5 Å². The fourth-order valence-electron chi connectivity index (χ4n) is 4.45. The fourth-order valence-corrected chi connectivity index (χ4v) is 4.45. The predicted molar refractivity (Wildman–Crippen MR) is 130 cm³/mol. The zero-order chi connectivity index (χ0) is 24.6. The second-order valence-corrected chi connectivity index (χ2v) is 8.32. The van der Waals surface area contributed by atoms with Crippen LogP contribution in [0.3, 0.4) is 0 Å². The number of aliphatic hydroxyl groups excluding tert-OH is 2. The van der Waals surface area contributed by atoms with Crippen molar-refractivity contribution in [2.45, 2.75) is 30.1 Å². The molecular formula is C25H26N6O4. The van der Waals surface area contributed by atoms with E-state index in [-0.39, 0.29) is 18.4 Å². The summed E-state index contributed by atoms with van der Waals surface area (Å²) in [6, 6.07) is 19.3. The first kappa shape index (κ1) is 22.9. The van der Waals surface area contributed by atoms with Gasteiger partial charge in [0.25, 0.3) is 0 Å². The standard InChI is InChI=1S/C25H26N6O4/c1-2-25(15-9-5-3-6-10-15,16-11-7-4-8-12-16)34-13-17-19(32)20(33)23(35-17)31-14-28-18-21(26)29-24(27)30-22(18)31/h2-12,14,17,19-20,23,32-33H,1,13H2,(H4,26,27,29,30)/t17-,19-,20-,23-/m1/s1. The fraction of sp³-hybridized carbons (Fsp3) is 0.240. The van der Waals surface area contributed by atoms with Crippen LogP contribution in [0.2, 0.25) is 0 Å². The quantitative estimate of drug-likeness (QED) is 0.293. The van der Waals surface area contributed by atoms with E-state index >= 15 is 0 Å². The number of hydrogen-bond acceptors (Lipinski definition) is 9. The van der Waals surface area contributed by atoms with Gasteiger partial charge in [-0.1, -0.05) is 73.3 Å². The van der Waals surface area contributed by atoms with Gasteiger partial charge in [0.1, 0.15) is 29.4 Å². The van der Waals surface area contributed by atoms with Crippen LogP contribution in [0.5, 0.6) is 0 Å². The molecule has 0 spiro atoms. The molecular weight excluding hydrogens is 448 g/mol. The van der Waals surface area contributed by atoms with Crippen LogP contribution in [0, 0.1) is 0 Å². The van der Waals surface area contributed by atoms with Crippen molar-refractivity contribution in [3.8, 4) is 0 Å². The molecule has 6 N–H and O–H groups in total. The van der Waals surface area contributed by atoms with Crippen molar-refractivity contribution in [3.63, 3.8) is 0 Å². The van der Waals surface area contributed by atoms with E-state index in [0.29, 0.717) is 11.2 Å². The summed E-state index contributed by atoms with van der Waals surface area (Å²) in [6.45, 7) is 4.01. The van der Waals surface area contributed by atoms with Gasteiger partial charge >= 0.3 is 0 Å². The number of nitrogens with zero attached hydrogens (tertiary/aromatic N) is 4. The molecule has 4 aromatic rings. The molecule has 5 rings (SSSR count). The minimum Gasteiger partial charge on any atom is -0.387 e. The van der Waals surface area contributed by atoms with E-state index in [2.05, 4.69) is 21.5 Å². The highest BCUT2D eigenvalue weighted by molar-refractivity contribution is 5.82. The van der Waals surface area contributed by atoms with Crippen LogP contribution in [0.4, 0.5) is 11.8 Å². The summed E-state index contributed by atoms with van der Waals surface area (Å²) in [5.74, 6) is 0.0758. The monoisotopic (exact) mass is 474 g/mol. The van der Waals surface area contributed by atoms with Crippen LogP contribution >= 0.6 is 0 Å². The first-order valence-electron chi connectivity index (χ1n) is 11.1. The molecule has 10 nitrogen and oxygen atoms in total. The molecule has 1 aliphatic rings. The smallest absolute Gasteiger partial charge is 0.224 e. The summed E-state index contributed by atoms with van der Waals surface area (Å²) in [5, 5.41) is 21.6. The van der Waals surface area contributed by atoms with Gasteiger partial charge in [0, 0.05) is 0 Å². The molecule has 35 heavy (non-hydrogen) atoms. The Morgan fingerprint density at radius 2 is 1.63 bits per heavy atom. The third-order valence-corrected chi connectivity index (χ3v) is 6.25. The molecule has 0 saturated carbocycles. The van der Waals surface area contributed by atoms with Crippen molar-refractivity contribution in [2.75, 3.05) is 18.1 Å². The average molecular weight is 475 g/mol. The lowest BCUT2D eigenvalue weighted by atomic mass is 9.86. The van der Waals surface area contributed by atoms with Gasteiger partial charge < -0.3 is 31.2 Å². The third-order valence-electron chi connectivity index (χ3n) is 6.25. The minimum atomic E-state index is -1.27. The van der Waals surface area contributed by atoms with Gasteiger partial charge in [-0.05, 0) is 11.1 Å². The molecule has 2 aromatic heterocycles. The topological polar surface area (TPSA) is 155 Å². The summed E-state index contributed by atoms with van der Waals surface area (Å²) in [5.41, 5.74) is 13.0. The molecule has 3 heterocycles. The molecule has 180 valence electrons. The van der Waals surface area contributed by atoms with Crippen molar-refractivity contribution in [2.24, 2.45) is 0 Å². The largest absolute Gasteiger partial charge is 0.387 e. The summed E-state index contributed by atoms with van der Waals surface area (Å²) in [6.07, 6.45) is -1.20. The van der Waals surface area contributed by atoms with Crippen LogP contribution in [-0.4, -0.2) is 54.7 Å². The minimum absolute atomic E-state index is 0.0313. The number of aromatic nitrogens is 4. The highest BCUT2D eigenvalue weighted by Gasteiger charge is 2.46. The van der Waals surface area contributed by atoms with E-state index in [0.717, 1.165) is 11.1 Å². The number of nitrogen functional groups attached to an aromatic ring is 2. The number of nitrogens with two attached hydrogens (primary N) is 2. The van der Waals surface area contributed by atoms with Gasteiger partial charge in [-0.15, -0.1) is 0 Å². The zero-order valence-electron chi connectivity index (χ0n) is 18.8. The van der Waals surface area contributed by atoms with E-state index in [4.69, 9.17) is 20.9 Å². The number of imidazole rings is 1. The molecule has 0 unspecified atom stereocenters. The summed E-state index contributed by atoms with van der Waals surface area (Å²) < 4.78 is 14.0. The van der Waals surface area contributed by atoms with Gasteiger partial charge in [-0.3, -0.25) is 4.57 Å². The maximum absolute atomic E-state index is 10.8. The normalized spacial score (nSPS) is 22.5. The molecule has 1 fully saturated rings. The average Bonchev–Trinajstić information content (AvgIpc) is 3.42. The molecule has 1 aliphatic heterocycles. The van der Waals surface area contributed by atoms with Crippen molar-refractivity contribution in [1.29, 1.82) is 0 Å². The first-order valence-corrected chi connectivity index (χ1v) is 11.1. The summed E-state index contributed by atoms with van der Waals surface area (Å²) >= 11 is 0. The van der Waals surface area contributed by atoms with Gasteiger partial charge in [-0.25, -0.2) is 4.98 Å². The van der Waals surface area contributed by atoms with Gasteiger partial charge in [-0.2, -0.15) is 9.97 Å². The molecule has 10 heteroatoms. The lowest BCUT2D eigenvalue weighted by Crippen LogP contribution is -2.38. The Kier molecular flexibility index (Phi) is 5.95. The third kappa shape index (κ3) is 3.92. The Bertz CT molecular complexity index is 1290. The van der Waals surface area contributed by atoms with Crippen LogP contribution in [0.15, 0.2) is 79.6 Å². The Morgan fingerprint density at radius 3 is 2.23 bits per heavy atom. The number of hydrogen-bond donors (Lipinski definition) is 4. The van der Waals surface area contributed by atoms with Crippen LogP contribution in [0.1, 0.15) is 17.4 Å². The maximum atomic E-state index is 10.8. The van der Waals surface area contributed by atoms with E-state index in [9.17, 15) is 10.2 Å². The van der Waals surface area contributed by atoms with E-state index in [1.54, 1.807) is 6.08 Å². The lowest BCUT2D eigenvalue weighted by Gasteiger charge is -2.33. The number of benzene rings is 2. The lowest BCUT2D eigenvalue weighted by molar-refractivity contribution is -0.0922. The maximum Gasteiger partial charge on any atom is 0.224 e. The van der Waals surface area contributed by atoms with Gasteiger partial charge in [0.15, 0.2) is 17.7 Å². The Balaban J connectivity index is 1.44. The molecule has 1 saturated heterocycles. The Hall–Kier alpha value is -3.83. The predicted octanol–water partition coefficient (Wildman–Crippen LogP) is 1.76. The molecule has 0 aliphatic carbocycles. The van der Waals surface area contributed by atoms with E-state index in [1.807, 2.05) is 60.7 Å². The SMILES string of the molecule is C=CC(OC[C@H]1O[C@@H](n2cnc3c(N)nc(N)nc32)[C@H](O)[C@@H]1O)(c1ccccc1)c1ccccc1. The summed E-state index contributed by atoms with van der Waals surface area (Å²) in [7, 11) is 0. The number of aliphatic hydroxyl groups is 2. The van der Waals surface area contributed by atoms with Crippen molar-refractivity contribution < 1.29 is 19.7 Å². The molecule has 4 atom stereocenters.